The van der Waals surface area contributed by atoms with Gasteiger partial charge in [0.25, 0.3) is 6.01 Å². The summed E-state index contributed by atoms with van der Waals surface area (Å²) in [6.07, 6.45) is 7.61. The summed E-state index contributed by atoms with van der Waals surface area (Å²) in [5, 5.41) is 4.65. The van der Waals surface area contributed by atoms with E-state index in [1.807, 2.05) is 36.4 Å². The van der Waals surface area contributed by atoms with Crippen LogP contribution in [0.15, 0.2) is 40.8 Å². The highest BCUT2D eigenvalue weighted by Crippen LogP contribution is 2.35. The van der Waals surface area contributed by atoms with Crippen LogP contribution in [-0.4, -0.2) is 30.0 Å². The van der Waals surface area contributed by atoms with E-state index in [0.29, 0.717) is 27.7 Å². The Morgan fingerprint density at radius 1 is 1.12 bits per heavy atom. The Balaban J connectivity index is 1.23. The molecule has 2 aromatic carbocycles. The van der Waals surface area contributed by atoms with Crippen LogP contribution in [0, 0.1) is 11.8 Å². The minimum absolute atomic E-state index is 0.0635. The first-order chi connectivity index (χ1) is 16.5. The van der Waals surface area contributed by atoms with E-state index in [1.54, 1.807) is 0 Å². The van der Waals surface area contributed by atoms with Gasteiger partial charge in [-0.1, -0.05) is 61.5 Å². The number of nitrogens with zero attached hydrogens (tertiary/aromatic N) is 2. The third-order valence-corrected chi connectivity index (χ3v) is 8.03. The van der Waals surface area contributed by atoms with Gasteiger partial charge in [0, 0.05) is 35.6 Å². The molecule has 34 heavy (non-hydrogen) atoms. The molecule has 180 valence electrons. The third-order valence-electron chi connectivity index (χ3n) is 7.46. The second kappa shape index (κ2) is 10.2. The molecule has 1 amide bonds. The number of rotatable bonds is 5. The molecule has 5 nitrogen and oxygen atoms in total. The van der Waals surface area contributed by atoms with Crippen molar-refractivity contribution in [2.24, 2.45) is 11.8 Å². The number of carbonyl (C=O) groups is 1. The zero-order valence-electron chi connectivity index (χ0n) is 19.5. The fourth-order valence-corrected chi connectivity index (χ4v) is 5.76. The van der Waals surface area contributed by atoms with Gasteiger partial charge in [-0.05, 0) is 61.4 Å². The number of fused-ring (bicyclic) bond motifs is 1. The number of benzene rings is 2. The average Bonchev–Trinajstić information content (AvgIpc) is 3.27. The Morgan fingerprint density at radius 3 is 2.62 bits per heavy atom. The molecule has 2 unspecified atom stereocenters. The molecular formula is C27H31Cl2N3O2. The molecule has 1 saturated carbocycles. The van der Waals surface area contributed by atoms with E-state index >= 15 is 0 Å². The van der Waals surface area contributed by atoms with E-state index in [2.05, 4.69) is 22.1 Å². The maximum Gasteiger partial charge on any atom is 0.298 e. The van der Waals surface area contributed by atoms with Crippen molar-refractivity contribution in [1.29, 1.82) is 0 Å². The van der Waals surface area contributed by atoms with Crippen LogP contribution in [0.1, 0.15) is 51.9 Å². The van der Waals surface area contributed by atoms with E-state index in [-0.39, 0.29) is 11.8 Å². The van der Waals surface area contributed by atoms with Gasteiger partial charge in [0.2, 0.25) is 5.91 Å². The fourth-order valence-electron chi connectivity index (χ4n) is 5.37. The molecule has 1 aliphatic carbocycles. The molecule has 2 heterocycles. The minimum atomic E-state index is 0.0635. The summed E-state index contributed by atoms with van der Waals surface area (Å²) in [6.45, 7) is 3.76. The van der Waals surface area contributed by atoms with Gasteiger partial charge in [-0.15, -0.1) is 0 Å². The van der Waals surface area contributed by atoms with Crippen LogP contribution in [0.3, 0.4) is 0 Å². The Morgan fingerprint density at radius 2 is 1.88 bits per heavy atom. The first kappa shape index (κ1) is 23.5. The van der Waals surface area contributed by atoms with Gasteiger partial charge in [-0.25, -0.2) is 0 Å². The molecule has 0 spiro atoms. The zero-order valence-corrected chi connectivity index (χ0v) is 21.0. The van der Waals surface area contributed by atoms with E-state index in [0.717, 1.165) is 61.3 Å². The van der Waals surface area contributed by atoms with Gasteiger partial charge in [-0.2, -0.15) is 4.98 Å². The number of anilines is 1. The molecule has 1 aromatic heterocycles. The van der Waals surface area contributed by atoms with Crippen LogP contribution in [0.5, 0.6) is 0 Å². The largest absolute Gasteiger partial charge is 0.423 e. The first-order valence-corrected chi connectivity index (χ1v) is 13.2. The van der Waals surface area contributed by atoms with Gasteiger partial charge in [0.15, 0.2) is 5.58 Å². The van der Waals surface area contributed by atoms with Gasteiger partial charge in [-0.3, -0.25) is 4.79 Å². The number of nitrogens with one attached hydrogen (secondary N) is 1. The Hall–Kier alpha value is -2.24. The van der Waals surface area contributed by atoms with Crippen molar-refractivity contribution < 1.29 is 9.21 Å². The normalized spacial score (nSPS) is 21.7. The van der Waals surface area contributed by atoms with Crippen molar-refractivity contribution in [3.8, 4) is 11.1 Å². The third kappa shape index (κ3) is 5.06. The van der Waals surface area contributed by atoms with Crippen LogP contribution in [0.2, 0.25) is 10.0 Å². The Labute approximate surface area is 210 Å². The van der Waals surface area contributed by atoms with Crippen molar-refractivity contribution in [3.05, 3.63) is 46.4 Å². The highest BCUT2D eigenvalue weighted by Gasteiger charge is 2.30. The molecule has 2 atom stereocenters. The van der Waals surface area contributed by atoms with Crippen molar-refractivity contribution in [2.45, 2.75) is 57.9 Å². The van der Waals surface area contributed by atoms with Crippen molar-refractivity contribution in [3.63, 3.8) is 0 Å². The Bertz CT molecular complexity index is 1150. The summed E-state index contributed by atoms with van der Waals surface area (Å²) in [6, 6.07) is 12.3. The number of hydrogen-bond donors (Lipinski definition) is 1. The van der Waals surface area contributed by atoms with Gasteiger partial charge >= 0.3 is 0 Å². The molecule has 5 rings (SSSR count). The van der Waals surface area contributed by atoms with E-state index in [4.69, 9.17) is 27.6 Å². The van der Waals surface area contributed by atoms with E-state index in [9.17, 15) is 4.79 Å². The summed E-state index contributed by atoms with van der Waals surface area (Å²) < 4.78 is 6.12. The molecule has 3 aromatic rings. The fraction of sp³-hybridized carbons (Fsp3) is 0.481. The number of hydrogen-bond acceptors (Lipinski definition) is 4. The second-order valence-corrected chi connectivity index (χ2v) is 10.6. The maximum absolute atomic E-state index is 12.9. The van der Waals surface area contributed by atoms with Crippen LogP contribution >= 0.6 is 23.2 Å². The predicted molar refractivity (Wildman–Crippen MR) is 139 cm³/mol. The van der Waals surface area contributed by atoms with E-state index < -0.39 is 0 Å². The lowest BCUT2D eigenvalue weighted by Gasteiger charge is -2.33. The van der Waals surface area contributed by atoms with Crippen LogP contribution in [-0.2, 0) is 4.79 Å². The lowest BCUT2D eigenvalue weighted by Crippen LogP contribution is -2.45. The number of amides is 1. The van der Waals surface area contributed by atoms with Gasteiger partial charge in [0.1, 0.15) is 5.52 Å². The van der Waals surface area contributed by atoms with Crippen LogP contribution in [0.4, 0.5) is 6.01 Å². The van der Waals surface area contributed by atoms with Gasteiger partial charge in [0.05, 0.1) is 5.02 Å². The second-order valence-electron chi connectivity index (χ2n) is 9.71. The first-order valence-electron chi connectivity index (χ1n) is 12.4. The monoisotopic (exact) mass is 499 g/mol. The highest BCUT2D eigenvalue weighted by molar-refractivity contribution is 6.34. The maximum atomic E-state index is 12.9. The summed E-state index contributed by atoms with van der Waals surface area (Å²) in [5.41, 5.74) is 3.30. The molecule has 1 aliphatic heterocycles. The smallest absolute Gasteiger partial charge is 0.298 e. The van der Waals surface area contributed by atoms with Crippen molar-refractivity contribution in [2.75, 3.05) is 18.0 Å². The van der Waals surface area contributed by atoms with Gasteiger partial charge < -0.3 is 14.6 Å². The number of piperidine rings is 1. The van der Waals surface area contributed by atoms with Crippen molar-refractivity contribution >= 4 is 46.2 Å². The summed E-state index contributed by atoms with van der Waals surface area (Å²) >= 11 is 12.6. The zero-order chi connectivity index (χ0) is 23.7. The van der Waals surface area contributed by atoms with Crippen LogP contribution < -0.4 is 10.2 Å². The molecule has 0 bridgehead atoms. The van der Waals surface area contributed by atoms with Crippen molar-refractivity contribution in [1.82, 2.24) is 10.3 Å². The summed E-state index contributed by atoms with van der Waals surface area (Å²) in [7, 11) is 0. The summed E-state index contributed by atoms with van der Waals surface area (Å²) in [4.78, 5) is 19.7. The molecule has 2 fully saturated rings. The SMILES string of the molecule is CCC1CCCC(NC(=O)C2CCN(c3nc4cc(Cl)c(-c5ccc(Cl)cc5)cc4o3)CC2)C1. The minimum Gasteiger partial charge on any atom is -0.423 e. The quantitative estimate of drug-likeness (QED) is 0.406. The number of aromatic nitrogens is 1. The topological polar surface area (TPSA) is 58.4 Å². The lowest BCUT2D eigenvalue weighted by atomic mass is 9.84. The lowest BCUT2D eigenvalue weighted by molar-refractivity contribution is -0.126. The summed E-state index contributed by atoms with van der Waals surface area (Å²) in [5.74, 6) is 1.04. The van der Waals surface area contributed by atoms with E-state index in [1.165, 1.54) is 19.3 Å². The van der Waals surface area contributed by atoms with Crippen LogP contribution in [0.25, 0.3) is 22.2 Å². The molecule has 1 N–H and O–H groups in total. The average molecular weight is 500 g/mol. The number of carbonyl (C=O) groups excluding carboxylic acids is 1. The Kier molecular flexibility index (Phi) is 7.03. The highest BCUT2D eigenvalue weighted by atomic mass is 35.5. The molecule has 7 heteroatoms. The predicted octanol–water partition coefficient (Wildman–Crippen LogP) is 7.10. The number of halogens is 2. The standard InChI is InChI=1S/C27H31Cl2N3O2/c1-2-17-4-3-5-21(14-17)30-26(33)19-10-12-32(13-11-19)27-31-24-16-23(29)22(15-25(24)34-27)18-6-8-20(28)9-7-18/h6-9,15-17,19,21H,2-5,10-14H2,1H3,(H,30,33). The molecule has 0 radical (unpaired) electrons. The molecular weight excluding hydrogens is 469 g/mol. The molecule has 2 aliphatic rings. The number of oxazole rings is 1. The molecule has 1 saturated heterocycles.